The van der Waals surface area contributed by atoms with Gasteiger partial charge in [0.05, 0.1) is 0 Å². The lowest BCUT2D eigenvalue weighted by Crippen LogP contribution is -2.19. The molecule has 0 bridgehead atoms. The zero-order valence-electron chi connectivity index (χ0n) is 10.7. The maximum absolute atomic E-state index is 6.30. The quantitative estimate of drug-likeness (QED) is 0.932. The first kappa shape index (κ1) is 12.5. The normalized spacial score (nSPS) is 15.2. The van der Waals surface area contributed by atoms with Crippen molar-refractivity contribution in [2.24, 2.45) is 5.73 Å². The molecule has 0 saturated carbocycles. The van der Waals surface area contributed by atoms with Gasteiger partial charge in [0, 0.05) is 11.6 Å². The van der Waals surface area contributed by atoms with Gasteiger partial charge in [-0.05, 0) is 41.3 Å². The van der Waals surface area contributed by atoms with Crippen LogP contribution < -0.4 is 15.2 Å². The topological polar surface area (TPSA) is 44.5 Å². The monoisotopic (exact) mass is 275 g/mol. The SMILES string of the molecule is NC(CCc1ccsc1)c1cccc2c1OCCO2. The average Bonchev–Trinajstić information content (AvgIpc) is 2.97. The van der Waals surface area contributed by atoms with E-state index in [2.05, 4.69) is 16.8 Å². The largest absolute Gasteiger partial charge is 0.486 e. The summed E-state index contributed by atoms with van der Waals surface area (Å²) in [5.74, 6) is 1.64. The van der Waals surface area contributed by atoms with Gasteiger partial charge in [-0.3, -0.25) is 0 Å². The third kappa shape index (κ3) is 2.74. The summed E-state index contributed by atoms with van der Waals surface area (Å²) >= 11 is 1.72. The highest BCUT2D eigenvalue weighted by atomic mass is 32.1. The summed E-state index contributed by atoms with van der Waals surface area (Å²) in [4.78, 5) is 0. The second kappa shape index (κ2) is 5.63. The number of hydrogen-bond acceptors (Lipinski definition) is 4. The number of ether oxygens (including phenoxy) is 2. The number of rotatable bonds is 4. The fourth-order valence-electron chi connectivity index (χ4n) is 2.30. The Labute approximate surface area is 117 Å². The molecule has 1 aliphatic rings. The van der Waals surface area contributed by atoms with Crippen molar-refractivity contribution in [1.82, 2.24) is 0 Å². The van der Waals surface area contributed by atoms with Crippen LogP contribution in [0, 0.1) is 0 Å². The Hall–Kier alpha value is -1.52. The van der Waals surface area contributed by atoms with Crippen molar-refractivity contribution in [3.8, 4) is 11.5 Å². The van der Waals surface area contributed by atoms with E-state index in [1.165, 1.54) is 5.56 Å². The van der Waals surface area contributed by atoms with Crippen LogP contribution in [0.1, 0.15) is 23.6 Å². The third-order valence-electron chi connectivity index (χ3n) is 3.32. The second-order valence-corrected chi connectivity index (χ2v) is 5.43. The molecule has 3 rings (SSSR count). The molecule has 0 amide bonds. The van der Waals surface area contributed by atoms with Gasteiger partial charge in [0.2, 0.25) is 0 Å². The molecule has 1 aliphatic heterocycles. The van der Waals surface area contributed by atoms with Crippen LogP contribution in [-0.2, 0) is 6.42 Å². The van der Waals surface area contributed by atoms with Gasteiger partial charge in [-0.25, -0.2) is 0 Å². The van der Waals surface area contributed by atoms with Crippen molar-refractivity contribution in [2.45, 2.75) is 18.9 Å². The van der Waals surface area contributed by atoms with Crippen molar-refractivity contribution < 1.29 is 9.47 Å². The van der Waals surface area contributed by atoms with Crippen LogP contribution in [0.25, 0.3) is 0 Å². The summed E-state index contributed by atoms with van der Waals surface area (Å²) in [5.41, 5.74) is 8.70. The molecular formula is C15H17NO2S. The fraction of sp³-hybridized carbons (Fsp3) is 0.333. The molecule has 2 N–H and O–H groups in total. The number of hydrogen-bond donors (Lipinski definition) is 1. The molecular weight excluding hydrogens is 258 g/mol. The molecule has 2 heterocycles. The Morgan fingerprint density at radius 2 is 2.11 bits per heavy atom. The summed E-state index contributed by atoms with van der Waals surface area (Å²) in [6, 6.07) is 8.08. The van der Waals surface area contributed by atoms with Crippen molar-refractivity contribution >= 4 is 11.3 Å². The Kier molecular flexibility index (Phi) is 3.71. The molecule has 1 unspecified atom stereocenters. The third-order valence-corrected chi connectivity index (χ3v) is 4.05. The molecule has 19 heavy (non-hydrogen) atoms. The zero-order chi connectivity index (χ0) is 13.1. The van der Waals surface area contributed by atoms with Crippen LogP contribution in [0.5, 0.6) is 11.5 Å². The molecule has 4 heteroatoms. The lowest BCUT2D eigenvalue weighted by molar-refractivity contribution is 0.169. The molecule has 1 aromatic heterocycles. The van der Waals surface area contributed by atoms with E-state index in [4.69, 9.17) is 15.2 Å². The van der Waals surface area contributed by atoms with Gasteiger partial charge in [0.15, 0.2) is 11.5 Å². The Morgan fingerprint density at radius 1 is 1.21 bits per heavy atom. The van der Waals surface area contributed by atoms with Gasteiger partial charge in [-0.15, -0.1) is 0 Å². The summed E-state index contributed by atoms with van der Waals surface area (Å²) < 4.78 is 11.3. The van der Waals surface area contributed by atoms with Crippen LogP contribution in [-0.4, -0.2) is 13.2 Å². The van der Waals surface area contributed by atoms with Crippen LogP contribution in [0.4, 0.5) is 0 Å². The minimum atomic E-state index is -0.0171. The first-order valence-electron chi connectivity index (χ1n) is 6.50. The number of thiophene rings is 1. The minimum absolute atomic E-state index is 0.0171. The van der Waals surface area contributed by atoms with Crippen molar-refractivity contribution in [3.63, 3.8) is 0 Å². The fourth-order valence-corrected chi connectivity index (χ4v) is 3.00. The molecule has 100 valence electrons. The molecule has 0 saturated heterocycles. The molecule has 3 nitrogen and oxygen atoms in total. The molecule has 0 radical (unpaired) electrons. The molecule has 1 aromatic carbocycles. The highest BCUT2D eigenvalue weighted by molar-refractivity contribution is 7.07. The Morgan fingerprint density at radius 3 is 2.95 bits per heavy atom. The van der Waals surface area contributed by atoms with E-state index < -0.39 is 0 Å². The van der Waals surface area contributed by atoms with E-state index in [1.807, 2.05) is 18.2 Å². The summed E-state index contributed by atoms with van der Waals surface area (Å²) in [6.07, 6.45) is 1.91. The Balaban J connectivity index is 1.74. The first-order valence-corrected chi connectivity index (χ1v) is 7.44. The molecule has 0 aliphatic carbocycles. The van der Waals surface area contributed by atoms with Gasteiger partial charge in [0.1, 0.15) is 13.2 Å². The van der Waals surface area contributed by atoms with Crippen LogP contribution in [0.3, 0.4) is 0 Å². The molecule has 1 atom stereocenters. The zero-order valence-corrected chi connectivity index (χ0v) is 11.5. The lowest BCUT2D eigenvalue weighted by atomic mass is 9.99. The number of para-hydroxylation sites is 1. The highest BCUT2D eigenvalue weighted by Gasteiger charge is 2.19. The van der Waals surface area contributed by atoms with Crippen LogP contribution >= 0.6 is 11.3 Å². The van der Waals surface area contributed by atoms with Gasteiger partial charge in [0.25, 0.3) is 0 Å². The maximum atomic E-state index is 6.30. The smallest absolute Gasteiger partial charge is 0.166 e. The predicted molar refractivity (Wildman–Crippen MR) is 77.0 cm³/mol. The molecule has 2 aromatic rings. The minimum Gasteiger partial charge on any atom is -0.486 e. The standard InChI is InChI=1S/C15H17NO2S/c16-13(5-4-11-6-9-19-10-11)12-2-1-3-14-15(12)18-8-7-17-14/h1-3,6,9-10,13H,4-5,7-8,16H2. The highest BCUT2D eigenvalue weighted by Crippen LogP contribution is 2.37. The Bertz CT molecular complexity index is 539. The van der Waals surface area contributed by atoms with E-state index >= 15 is 0 Å². The second-order valence-electron chi connectivity index (χ2n) is 4.65. The van der Waals surface area contributed by atoms with E-state index in [0.717, 1.165) is 29.9 Å². The van der Waals surface area contributed by atoms with Gasteiger partial charge >= 0.3 is 0 Å². The maximum Gasteiger partial charge on any atom is 0.166 e. The van der Waals surface area contributed by atoms with Crippen molar-refractivity contribution in [3.05, 3.63) is 46.2 Å². The molecule has 0 fully saturated rings. The average molecular weight is 275 g/mol. The van der Waals surface area contributed by atoms with Crippen LogP contribution in [0.2, 0.25) is 0 Å². The van der Waals surface area contributed by atoms with E-state index in [-0.39, 0.29) is 6.04 Å². The first-order chi connectivity index (χ1) is 9.34. The van der Waals surface area contributed by atoms with Gasteiger partial charge in [-0.1, -0.05) is 12.1 Å². The summed E-state index contributed by atoms with van der Waals surface area (Å²) in [7, 11) is 0. The number of aryl methyl sites for hydroxylation is 1. The number of benzene rings is 1. The van der Waals surface area contributed by atoms with Crippen molar-refractivity contribution in [1.29, 1.82) is 0 Å². The van der Waals surface area contributed by atoms with Crippen LogP contribution in [0.15, 0.2) is 35.0 Å². The summed E-state index contributed by atoms with van der Waals surface area (Å²) in [5, 5.41) is 4.27. The molecule has 0 spiro atoms. The number of fused-ring (bicyclic) bond motifs is 1. The van der Waals surface area contributed by atoms with Gasteiger partial charge < -0.3 is 15.2 Å². The van der Waals surface area contributed by atoms with E-state index in [9.17, 15) is 0 Å². The van der Waals surface area contributed by atoms with E-state index in [0.29, 0.717) is 13.2 Å². The van der Waals surface area contributed by atoms with Gasteiger partial charge in [-0.2, -0.15) is 11.3 Å². The summed E-state index contributed by atoms with van der Waals surface area (Å²) in [6.45, 7) is 1.21. The predicted octanol–water partition coefficient (Wildman–Crippen LogP) is 3.15. The van der Waals surface area contributed by atoms with Crippen molar-refractivity contribution in [2.75, 3.05) is 13.2 Å². The number of nitrogens with two attached hydrogens (primary N) is 1. The lowest BCUT2D eigenvalue weighted by Gasteiger charge is -2.23. The van der Waals surface area contributed by atoms with E-state index in [1.54, 1.807) is 11.3 Å².